The van der Waals surface area contributed by atoms with Gasteiger partial charge in [-0.3, -0.25) is 18.6 Å². The van der Waals surface area contributed by atoms with E-state index in [-0.39, 0.29) is 19.4 Å². The molecule has 11 heteroatoms. The highest BCUT2D eigenvalue weighted by Gasteiger charge is 2.27. The van der Waals surface area contributed by atoms with Gasteiger partial charge in [-0.2, -0.15) is 0 Å². The van der Waals surface area contributed by atoms with Crippen molar-refractivity contribution in [3.63, 3.8) is 0 Å². The molecule has 0 spiro atoms. The molecule has 3 N–H and O–H groups in total. The Kier molecular flexibility index (Phi) is 33.8. The van der Waals surface area contributed by atoms with E-state index in [1.54, 1.807) is 0 Å². The van der Waals surface area contributed by atoms with E-state index in [0.717, 1.165) is 51.4 Å². The van der Waals surface area contributed by atoms with Crippen molar-refractivity contribution in [2.45, 2.75) is 180 Å². The fourth-order valence-electron chi connectivity index (χ4n) is 5.08. The summed E-state index contributed by atoms with van der Waals surface area (Å²) >= 11 is 0. The molecule has 0 aliphatic carbocycles. The van der Waals surface area contributed by atoms with E-state index in [0.29, 0.717) is 12.8 Å². The lowest BCUT2D eigenvalue weighted by atomic mass is 10.1. The molecule has 0 aliphatic rings. The minimum absolute atomic E-state index is 0.184. The first-order valence-corrected chi connectivity index (χ1v) is 20.8. The van der Waals surface area contributed by atoms with Gasteiger partial charge in [-0.05, 0) is 44.9 Å². The molecule has 1 unspecified atom stereocenters. The van der Waals surface area contributed by atoms with Crippen molar-refractivity contribution in [3.8, 4) is 0 Å². The van der Waals surface area contributed by atoms with Crippen molar-refractivity contribution in [1.82, 2.24) is 0 Å². The third-order valence-corrected chi connectivity index (χ3v) is 9.06. The van der Waals surface area contributed by atoms with Gasteiger partial charge in [-0.25, -0.2) is 4.57 Å². The van der Waals surface area contributed by atoms with Crippen molar-refractivity contribution in [1.29, 1.82) is 0 Å². The summed E-state index contributed by atoms with van der Waals surface area (Å²) in [5, 5.41) is 18.2. The van der Waals surface area contributed by atoms with Crippen LogP contribution in [0.5, 0.6) is 0 Å². The molecule has 288 valence electrons. The largest absolute Gasteiger partial charge is 0.472 e. The molecule has 49 heavy (non-hydrogen) atoms. The number of allylic oxidation sites excluding steroid dienone is 4. The molecule has 0 rings (SSSR count). The maximum Gasteiger partial charge on any atom is 0.472 e. The van der Waals surface area contributed by atoms with Gasteiger partial charge in [0, 0.05) is 12.8 Å². The summed E-state index contributed by atoms with van der Waals surface area (Å²) in [6, 6.07) is 0. The Morgan fingerprint density at radius 2 is 1.06 bits per heavy atom. The maximum atomic E-state index is 12.5. The van der Waals surface area contributed by atoms with Crippen molar-refractivity contribution in [2.24, 2.45) is 0 Å². The van der Waals surface area contributed by atoms with Crippen LogP contribution in [0.1, 0.15) is 168 Å². The van der Waals surface area contributed by atoms with Crippen molar-refractivity contribution < 1.29 is 47.8 Å². The zero-order chi connectivity index (χ0) is 36.3. The summed E-state index contributed by atoms with van der Waals surface area (Å²) in [4.78, 5) is 34.7. The van der Waals surface area contributed by atoms with Crippen LogP contribution in [0.4, 0.5) is 0 Å². The van der Waals surface area contributed by atoms with Gasteiger partial charge in [0.2, 0.25) is 0 Å². The van der Waals surface area contributed by atoms with Gasteiger partial charge in [0.25, 0.3) is 0 Å². The van der Waals surface area contributed by atoms with E-state index in [9.17, 15) is 24.2 Å². The predicted octanol–water partition coefficient (Wildman–Crippen LogP) is 9.44. The van der Waals surface area contributed by atoms with Crippen molar-refractivity contribution in [3.05, 3.63) is 24.3 Å². The second-order valence-corrected chi connectivity index (χ2v) is 14.4. The first-order chi connectivity index (χ1) is 23.7. The van der Waals surface area contributed by atoms with Gasteiger partial charge in [-0.1, -0.05) is 134 Å². The highest BCUT2D eigenvalue weighted by Crippen LogP contribution is 2.43. The summed E-state index contributed by atoms with van der Waals surface area (Å²) in [7, 11) is -4.61. The lowest BCUT2D eigenvalue weighted by Crippen LogP contribution is -2.29. The first-order valence-electron chi connectivity index (χ1n) is 19.3. The summed E-state index contributed by atoms with van der Waals surface area (Å²) in [6.07, 6.45) is 31.5. The van der Waals surface area contributed by atoms with E-state index in [1.807, 2.05) is 0 Å². The smallest absolute Gasteiger partial charge is 0.462 e. The number of hydrogen-bond acceptors (Lipinski definition) is 9. The molecule has 0 saturated heterocycles. The van der Waals surface area contributed by atoms with Gasteiger partial charge in [0.15, 0.2) is 6.10 Å². The third kappa shape index (κ3) is 34.7. The number of aliphatic hydroxyl groups excluding tert-OH is 2. The number of hydrogen-bond donors (Lipinski definition) is 3. The summed E-state index contributed by atoms with van der Waals surface area (Å²) in [6.45, 7) is 2.31. The molecule has 0 bridgehead atoms. The fourth-order valence-corrected chi connectivity index (χ4v) is 5.87. The molecule has 0 amide bonds. The predicted molar refractivity (Wildman–Crippen MR) is 196 cm³/mol. The topological polar surface area (TPSA) is 149 Å². The molecule has 0 fully saturated rings. The van der Waals surface area contributed by atoms with E-state index in [1.165, 1.54) is 77.0 Å². The zero-order valence-corrected chi connectivity index (χ0v) is 31.8. The van der Waals surface area contributed by atoms with Crippen LogP contribution >= 0.6 is 7.82 Å². The minimum Gasteiger partial charge on any atom is -0.462 e. The molecule has 0 aromatic carbocycles. The molecule has 0 aliphatic heterocycles. The second-order valence-electron chi connectivity index (χ2n) is 13.0. The highest BCUT2D eigenvalue weighted by atomic mass is 31.2. The van der Waals surface area contributed by atoms with Crippen molar-refractivity contribution >= 4 is 19.8 Å². The molecule has 0 radical (unpaired) electrons. The third-order valence-electron chi connectivity index (χ3n) is 8.11. The van der Waals surface area contributed by atoms with E-state index >= 15 is 0 Å². The number of phosphoric ester groups is 1. The normalized spacial score (nSPS) is 14.3. The Bertz CT molecular complexity index is 879. The lowest BCUT2D eigenvalue weighted by Gasteiger charge is -2.20. The SMILES string of the molecule is CCCCC/C=C/C/C=C/CCCCCCCCCC(=O)OC[C@@H](COP(=O)(O)OC[C@H](O)CO)OC(=O)CCCCCCCCCCC. The second kappa shape index (κ2) is 34.9. The molecule has 0 aromatic rings. The van der Waals surface area contributed by atoms with Gasteiger partial charge < -0.3 is 24.6 Å². The molecule has 0 saturated carbocycles. The van der Waals surface area contributed by atoms with E-state index in [2.05, 4.69) is 42.7 Å². The van der Waals surface area contributed by atoms with Crippen LogP contribution < -0.4 is 0 Å². The van der Waals surface area contributed by atoms with Gasteiger partial charge >= 0.3 is 19.8 Å². The van der Waals surface area contributed by atoms with Crippen LogP contribution in [-0.2, 0) is 32.7 Å². The van der Waals surface area contributed by atoms with Gasteiger partial charge in [-0.15, -0.1) is 0 Å². The minimum atomic E-state index is -4.61. The monoisotopic (exact) mass is 718 g/mol. The van der Waals surface area contributed by atoms with Crippen LogP contribution in [0.25, 0.3) is 0 Å². The Morgan fingerprint density at radius 1 is 0.612 bits per heavy atom. The number of esters is 2. The number of ether oxygens (including phenoxy) is 2. The Hall–Kier alpha value is -1.55. The lowest BCUT2D eigenvalue weighted by molar-refractivity contribution is -0.161. The summed E-state index contributed by atoms with van der Waals surface area (Å²) < 4.78 is 32.5. The molecular weight excluding hydrogens is 647 g/mol. The van der Waals surface area contributed by atoms with Crippen LogP contribution in [0.2, 0.25) is 0 Å². The molecule has 3 atom stereocenters. The van der Waals surface area contributed by atoms with Crippen molar-refractivity contribution in [2.75, 3.05) is 26.4 Å². The number of unbranched alkanes of at least 4 members (excludes halogenated alkanes) is 18. The van der Waals surface area contributed by atoms with Crippen LogP contribution in [0.3, 0.4) is 0 Å². The molecule has 0 heterocycles. The maximum absolute atomic E-state index is 12.5. The quantitative estimate of drug-likeness (QED) is 0.0248. The Labute approximate surface area is 298 Å². The Balaban J connectivity index is 4.30. The summed E-state index contributed by atoms with van der Waals surface area (Å²) in [5.74, 6) is -0.935. The number of phosphoric acid groups is 1. The molecule has 0 aromatic heterocycles. The highest BCUT2D eigenvalue weighted by molar-refractivity contribution is 7.47. The average molecular weight is 719 g/mol. The first kappa shape index (κ1) is 47.4. The van der Waals surface area contributed by atoms with E-state index < -0.39 is 51.8 Å². The standard InChI is InChI=1S/C38H71O10P/c1-3-5-7-9-11-13-14-15-16-17-18-19-20-22-23-25-27-29-37(41)45-33-36(34-47-49(43,44)46-32-35(40)31-39)48-38(42)30-28-26-24-21-12-10-8-6-4-2/h11,13,15-16,35-36,39-40H,3-10,12,14,17-34H2,1-2H3,(H,43,44)/b13-11+,16-15+/t35-,36+/m1/s1. The van der Waals surface area contributed by atoms with Gasteiger partial charge in [0.05, 0.1) is 19.8 Å². The fraction of sp³-hybridized carbons (Fsp3) is 0.842. The zero-order valence-electron chi connectivity index (χ0n) is 30.9. The molecule has 10 nitrogen and oxygen atoms in total. The number of aliphatic hydroxyl groups is 2. The summed E-state index contributed by atoms with van der Waals surface area (Å²) in [5.41, 5.74) is 0. The number of carbonyl (C=O) groups excluding carboxylic acids is 2. The number of rotatable bonds is 36. The van der Waals surface area contributed by atoms with Crippen LogP contribution in [-0.4, -0.2) is 65.7 Å². The van der Waals surface area contributed by atoms with E-state index in [4.69, 9.17) is 19.1 Å². The average Bonchev–Trinajstić information content (AvgIpc) is 3.09. The van der Waals surface area contributed by atoms with Crippen LogP contribution in [0.15, 0.2) is 24.3 Å². The number of carbonyl (C=O) groups is 2. The van der Waals surface area contributed by atoms with Crippen LogP contribution in [0, 0.1) is 0 Å². The van der Waals surface area contributed by atoms with Gasteiger partial charge in [0.1, 0.15) is 12.7 Å². The Morgan fingerprint density at radius 3 is 1.61 bits per heavy atom. The molecular formula is C38H71O10P.